The Morgan fingerprint density at radius 2 is 2.27 bits per heavy atom. The molecule has 1 fully saturated rings. The van der Waals surface area contributed by atoms with Gasteiger partial charge in [0.2, 0.25) is 5.91 Å². The average molecular weight is 224 g/mol. The van der Waals surface area contributed by atoms with E-state index in [1.807, 2.05) is 16.8 Å². The van der Waals surface area contributed by atoms with Gasteiger partial charge in [-0.2, -0.15) is 11.3 Å². The van der Waals surface area contributed by atoms with Crippen molar-refractivity contribution < 1.29 is 4.79 Å². The highest BCUT2D eigenvalue weighted by atomic mass is 32.1. The van der Waals surface area contributed by atoms with Crippen LogP contribution in [0.25, 0.3) is 0 Å². The molecule has 1 heterocycles. The molecule has 1 aliphatic carbocycles. The van der Waals surface area contributed by atoms with Crippen LogP contribution in [0.5, 0.6) is 0 Å². The second-order valence-electron chi connectivity index (χ2n) is 4.31. The summed E-state index contributed by atoms with van der Waals surface area (Å²) >= 11 is 1.58. The summed E-state index contributed by atoms with van der Waals surface area (Å²) < 4.78 is 0. The third-order valence-corrected chi connectivity index (χ3v) is 3.60. The number of nitrogens with two attached hydrogens (primary N) is 1. The lowest BCUT2D eigenvalue weighted by atomic mass is 9.94. The highest BCUT2D eigenvalue weighted by Gasteiger charge is 2.31. The molecule has 0 aliphatic heterocycles. The Balaban J connectivity index is 1.87. The van der Waals surface area contributed by atoms with E-state index in [9.17, 15) is 4.79 Å². The van der Waals surface area contributed by atoms with E-state index in [2.05, 4.69) is 5.32 Å². The van der Waals surface area contributed by atoms with Crippen molar-refractivity contribution in [2.45, 2.75) is 37.6 Å². The second kappa shape index (κ2) is 4.33. The molecule has 1 saturated carbocycles. The van der Waals surface area contributed by atoms with E-state index in [0.717, 1.165) is 31.4 Å². The number of rotatable bonds is 3. The number of carbonyl (C=O) groups excluding carboxylic acids is 1. The van der Waals surface area contributed by atoms with Gasteiger partial charge in [0.15, 0.2) is 0 Å². The Hall–Kier alpha value is -0.870. The zero-order valence-corrected chi connectivity index (χ0v) is 9.48. The van der Waals surface area contributed by atoms with Crippen molar-refractivity contribution in [3.05, 3.63) is 16.8 Å². The maximum atomic E-state index is 11.7. The summed E-state index contributed by atoms with van der Waals surface area (Å²) in [6.45, 7) is 0. The zero-order valence-electron chi connectivity index (χ0n) is 8.66. The van der Waals surface area contributed by atoms with Gasteiger partial charge in [-0.1, -0.05) is 12.8 Å². The number of nitrogens with one attached hydrogen (secondary N) is 1. The van der Waals surface area contributed by atoms with Crippen LogP contribution in [-0.4, -0.2) is 11.4 Å². The van der Waals surface area contributed by atoms with E-state index < -0.39 is 0 Å². The lowest BCUT2D eigenvalue weighted by molar-refractivity contribution is -0.117. The lowest BCUT2D eigenvalue weighted by Crippen LogP contribution is -2.40. The molecule has 0 bridgehead atoms. The smallest absolute Gasteiger partial charge is 0.226 e. The van der Waals surface area contributed by atoms with Gasteiger partial charge in [0.05, 0.1) is 5.69 Å². The third-order valence-electron chi connectivity index (χ3n) is 2.92. The highest BCUT2D eigenvalue weighted by molar-refractivity contribution is 7.08. The van der Waals surface area contributed by atoms with Gasteiger partial charge in [0.25, 0.3) is 0 Å². The molecule has 0 atom stereocenters. The Bertz CT molecular complexity index is 328. The van der Waals surface area contributed by atoms with Gasteiger partial charge in [0.1, 0.15) is 0 Å². The summed E-state index contributed by atoms with van der Waals surface area (Å²) in [6, 6.07) is 1.90. The van der Waals surface area contributed by atoms with Crippen LogP contribution in [0, 0.1) is 0 Å². The van der Waals surface area contributed by atoms with Gasteiger partial charge in [-0.25, -0.2) is 0 Å². The van der Waals surface area contributed by atoms with Crippen LogP contribution in [0.15, 0.2) is 16.8 Å². The maximum absolute atomic E-state index is 11.7. The molecule has 1 amide bonds. The van der Waals surface area contributed by atoms with E-state index in [1.165, 1.54) is 0 Å². The van der Waals surface area contributed by atoms with Gasteiger partial charge in [0, 0.05) is 17.3 Å². The molecule has 0 aromatic carbocycles. The van der Waals surface area contributed by atoms with Gasteiger partial charge in [-0.15, -0.1) is 0 Å². The molecule has 82 valence electrons. The second-order valence-corrected chi connectivity index (χ2v) is 5.09. The summed E-state index contributed by atoms with van der Waals surface area (Å²) in [5.74, 6) is 0.0396. The molecule has 15 heavy (non-hydrogen) atoms. The predicted molar refractivity (Wildman–Crippen MR) is 63.0 cm³/mol. The van der Waals surface area contributed by atoms with Crippen molar-refractivity contribution in [2.24, 2.45) is 5.73 Å². The van der Waals surface area contributed by atoms with E-state index in [0.29, 0.717) is 6.42 Å². The first-order chi connectivity index (χ1) is 7.18. The molecular formula is C11H16N2OS. The van der Waals surface area contributed by atoms with Gasteiger partial charge >= 0.3 is 0 Å². The first kappa shape index (κ1) is 10.6. The SMILES string of the molecule is NC1(CC(=O)Nc2ccsc2)CCCC1. The van der Waals surface area contributed by atoms with Gasteiger partial charge in [-0.3, -0.25) is 4.79 Å². The van der Waals surface area contributed by atoms with Crippen molar-refractivity contribution in [1.29, 1.82) is 0 Å². The standard InChI is InChI=1S/C11H16N2OS/c12-11(4-1-2-5-11)7-10(14)13-9-3-6-15-8-9/h3,6,8H,1-2,4-5,7,12H2,(H,13,14). The van der Waals surface area contributed by atoms with Crippen LogP contribution in [0.1, 0.15) is 32.1 Å². The Labute approximate surface area is 93.7 Å². The molecule has 0 spiro atoms. The molecule has 1 aromatic rings. The number of anilines is 1. The minimum Gasteiger partial charge on any atom is -0.325 e. The number of thiophene rings is 1. The first-order valence-corrected chi connectivity index (χ1v) is 6.23. The van der Waals surface area contributed by atoms with Crippen molar-refractivity contribution in [3.8, 4) is 0 Å². The maximum Gasteiger partial charge on any atom is 0.226 e. The third kappa shape index (κ3) is 2.79. The molecular weight excluding hydrogens is 208 g/mol. The van der Waals surface area contributed by atoms with E-state index >= 15 is 0 Å². The van der Waals surface area contributed by atoms with Crippen molar-refractivity contribution in [3.63, 3.8) is 0 Å². The fraction of sp³-hybridized carbons (Fsp3) is 0.545. The Morgan fingerprint density at radius 1 is 1.53 bits per heavy atom. The predicted octanol–water partition coefficient (Wildman–Crippen LogP) is 2.35. The van der Waals surface area contributed by atoms with Crippen LogP contribution >= 0.6 is 11.3 Å². The van der Waals surface area contributed by atoms with Crippen LogP contribution in [0.3, 0.4) is 0 Å². The number of hydrogen-bond donors (Lipinski definition) is 2. The minimum absolute atomic E-state index is 0.0396. The zero-order chi connectivity index (χ0) is 10.7. The van der Waals surface area contributed by atoms with Crippen LogP contribution in [0.4, 0.5) is 5.69 Å². The summed E-state index contributed by atoms with van der Waals surface area (Å²) in [6.07, 6.45) is 4.71. The average Bonchev–Trinajstić information content (AvgIpc) is 2.76. The van der Waals surface area contributed by atoms with E-state index in [-0.39, 0.29) is 11.4 Å². The number of amides is 1. The molecule has 4 heteroatoms. The minimum atomic E-state index is -0.250. The normalized spacial score (nSPS) is 19.0. The number of carbonyl (C=O) groups is 1. The van der Waals surface area contributed by atoms with E-state index in [4.69, 9.17) is 5.73 Å². The molecule has 0 saturated heterocycles. The molecule has 1 aliphatic rings. The topological polar surface area (TPSA) is 55.1 Å². The molecule has 2 rings (SSSR count). The van der Waals surface area contributed by atoms with E-state index in [1.54, 1.807) is 11.3 Å². The van der Waals surface area contributed by atoms with Gasteiger partial charge in [-0.05, 0) is 24.3 Å². The van der Waals surface area contributed by atoms with Crippen LogP contribution < -0.4 is 11.1 Å². The fourth-order valence-electron chi connectivity index (χ4n) is 2.12. The lowest BCUT2D eigenvalue weighted by Gasteiger charge is -2.22. The molecule has 3 N–H and O–H groups in total. The first-order valence-electron chi connectivity index (χ1n) is 5.29. The van der Waals surface area contributed by atoms with Crippen molar-refractivity contribution in [1.82, 2.24) is 0 Å². The highest BCUT2D eigenvalue weighted by Crippen LogP contribution is 2.30. The summed E-state index contributed by atoms with van der Waals surface area (Å²) in [5, 5.41) is 6.74. The quantitative estimate of drug-likeness (QED) is 0.828. The molecule has 1 aromatic heterocycles. The van der Waals surface area contributed by atoms with Crippen LogP contribution in [0.2, 0.25) is 0 Å². The molecule has 0 unspecified atom stereocenters. The number of hydrogen-bond acceptors (Lipinski definition) is 3. The summed E-state index contributed by atoms with van der Waals surface area (Å²) in [4.78, 5) is 11.7. The molecule has 3 nitrogen and oxygen atoms in total. The van der Waals surface area contributed by atoms with Crippen LogP contribution in [-0.2, 0) is 4.79 Å². The largest absolute Gasteiger partial charge is 0.325 e. The summed E-state index contributed by atoms with van der Waals surface area (Å²) in [5.41, 5.74) is 6.76. The molecule has 0 radical (unpaired) electrons. The van der Waals surface area contributed by atoms with Crippen molar-refractivity contribution >= 4 is 22.9 Å². The fourth-order valence-corrected chi connectivity index (χ4v) is 2.70. The summed E-state index contributed by atoms with van der Waals surface area (Å²) in [7, 11) is 0. The Morgan fingerprint density at radius 3 is 2.87 bits per heavy atom. The van der Waals surface area contributed by atoms with Gasteiger partial charge < -0.3 is 11.1 Å². The Kier molecular flexibility index (Phi) is 3.07. The van der Waals surface area contributed by atoms with Crippen molar-refractivity contribution in [2.75, 3.05) is 5.32 Å². The monoisotopic (exact) mass is 224 g/mol.